The molecule has 2 aromatic rings. The lowest BCUT2D eigenvalue weighted by Crippen LogP contribution is -3.12. The van der Waals surface area contributed by atoms with Gasteiger partial charge < -0.3 is 10.0 Å². The molecule has 0 aromatic heterocycles. The van der Waals surface area contributed by atoms with E-state index in [4.69, 9.17) is 0 Å². The molecule has 2 heteroatoms. The van der Waals surface area contributed by atoms with E-state index in [0.29, 0.717) is 6.42 Å². The average Bonchev–Trinajstić information content (AvgIpc) is 2.96. The predicted octanol–water partition coefficient (Wildman–Crippen LogP) is 3.78. The lowest BCUT2D eigenvalue weighted by atomic mass is 9.88. The van der Waals surface area contributed by atoms with Crippen LogP contribution < -0.4 is 4.90 Å². The van der Waals surface area contributed by atoms with Crippen LogP contribution in [0.3, 0.4) is 0 Å². The average molecular weight is 363 g/mol. The predicted molar refractivity (Wildman–Crippen MR) is 113 cm³/mol. The van der Waals surface area contributed by atoms with Crippen molar-refractivity contribution in [2.75, 3.05) is 19.6 Å². The standard InChI is InChI=1S/C25H31NO/c1-3-5-18-26(19-6-4-2)20-12-11-17-25(27)23-15-9-7-13-21(23)22-14-8-10-16-24(22)25/h7-10,13-16,27H,3-6,17-20H2,1-2H3/p+1. The van der Waals surface area contributed by atoms with Crippen LogP contribution in [0.1, 0.15) is 57.1 Å². The second kappa shape index (κ2) is 9.22. The van der Waals surface area contributed by atoms with Crippen molar-refractivity contribution in [2.24, 2.45) is 0 Å². The Morgan fingerprint density at radius 3 is 1.85 bits per heavy atom. The molecule has 0 amide bonds. The van der Waals surface area contributed by atoms with Gasteiger partial charge in [0.1, 0.15) is 12.1 Å². The SMILES string of the molecule is CCCC[NH+](CC#CCC1(O)c2ccccc2-c2ccccc21)CCCC. The fourth-order valence-corrected chi connectivity index (χ4v) is 4.03. The molecule has 0 spiro atoms. The van der Waals surface area contributed by atoms with Crippen molar-refractivity contribution in [3.63, 3.8) is 0 Å². The van der Waals surface area contributed by atoms with Crippen LogP contribution in [0.5, 0.6) is 0 Å². The minimum absolute atomic E-state index is 0.454. The van der Waals surface area contributed by atoms with Crippen LogP contribution in [0.4, 0.5) is 0 Å². The summed E-state index contributed by atoms with van der Waals surface area (Å²) in [5.41, 5.74) is 3.25. The Balaban J connectivity index is 1.75. The number of hydrogen-bond donors (Lipinski definition) is 2. The van der Waals surface area contributed by atoms with Gasteiger partial charge in [-0.3, -0.25) is 0 Å². The number of fused-ring (bicyclic) bond motifs is 3. The maximum atomic E-state index is 11.5. The molecule has 0 aliphatic heterocycles. The van der Waals surface area contributed by atoms with Crippen LogP contribution in [-0.4, -0.2) is 24.7 Å². The highest BCUT2D eigenvalue weighted by atomic mass is 16.3. The summed E-state index contributed by atoms with van der Waals surface area (Å²) in [5.74, 6) is 6.68. The Morgan fingerprint density at radius 1 is 0.815 bits per heavy atom. The Kier molecular flexibility index (Phi) is 6.72. The molecule has 2 N–H and O–H groups in total. The van der Waals surface area contributed by atoms with Gasteiger partial charge in [0, 0.05) is 6.42 Å². The highest BCUT2D eigenvalue weighted by molar-refractivity contribution is 5.80. The third kappa shape index (κ3) is 4.26. The zero-order valence-electron chi connectivity index (χ0n) is 16.7. The first-order chi connectivity index (χ1) is 13.2. The van der Waals surface area contributed by atoms with Gasteiger partial charge in [-0.2, -0.15) is 0 Å². The zero-order chi connectivity index (χ0) is 19.1. The second-order valence-corrected chi connectivity index (χ2v) is 7.62. The summed E-state index contributed by atoms with van der Waals surface area (Å²) >= 11 is 0. The Morgan fingerprint density at radius 2 is 1.33 bits per heavy atom. The van der Waals surface area contributed by atoms with Crippen molar-refractivity contribution in [1.29, 1.82) is 0 Å². The Labute approximate surface area is 164 Å². The molecule has 0 saturated heterocycles. The molecule has 3 rings (SSSR count). The summed E-state index contributed by atoms with van der Waals surface area (Å²) in [5, 5.41) is 11.5. The van der Waals surface area contributed by atoms with E-state index in [1.54, 1.807) is 4.90 Å². The first-order valence-electron chi connectivity index (χ1n) is 10.4. The second-order valence-electron chi connectivity index (χ2n) is 7.62. The fourth-order valence-electron chi connectivity index (χ4n) is 4.03. The van der Waals surface area contributed by atoms with Crippen LogP contribution in [0.15, 0.2) is 48.5 Å². The van der Waals surface area contributed by atoms with Crippen LogP contribution in [-0.2, 0) is 5.60 Å². The molecule has 2 nitrogen and oxygen atoms in total. The summed E-state index contributed by atoms with van der Waals surface area (Å²) in [6, 6.07) is 16.4. The van der Waals surface area contributed by atoms with Gasteiger partial charge in [-0.15, -0.1) is 0 Å². The highest BCUT2D eigenvalue weighted by Crippen LogP contribution is 2.48. The van der Waals surface area contributed by atoms with Gasteiger partial charge in [0.25, 0.3) is 0 Å². The topological polar surface area (TPSA) is 24.7 Å². The van der Waals surface area contributed by atoms with Crippen LogP contribution in [0.25, 0.3) is 11.1 Å². The monoisotopic (exact) mass is 362 g/mol. The number of aliphatic hydroxyl groups is 1. The smallest absolute Gasteiger partial charge is 0.139 e. The molecule has 2 aromatic carbocycles. The van der Waals surface area contributed by atoms with E-state index >= 15 is 0 Å². The van der Waals surface area contributed by atoms with E-state index in [0.717, 1.165) is 28.8 Å². The number of quaternary nitrogens is 1. The lowest BCUT2D eigenvalue weighted by Gasteiger charge is -2.23. The van der Waals surface area contributed by atoms with Gasteiger partial charge in [0.05, 0.1) is 13.1 Å². The van der Waals surface area contributed by atoms with Gasteiger partial charge in [-0.25, -0.2) is 0 Å². The highest BCUT2D eigenvalue weighted by Gasteiger charge is 2.40. The number of benzene rings is 2. The largest absolute Gasteiger partial charge is 0.379 e. The maximum Gasteiger partial charge on any atom is 0.139 e. The van der Waals surface area contributed by atoms with Gasteiger partial charge in [0.15, 0.2) is 0 Å². The molecular formula is C25H32NO+. The maximum absolute atomic E-state index is 11.5. The molecule has 142 valence electrons. The van der Waals surface area contributed by atoms with Crippen molar-refractivity contribution in [3.8, 4) is 23.0 Å². The van der Waals surface area contributed by atoms with Crippen molar-refractivity contribution < 1.29 is 10.0 Å². The number of unbranched alkanes of at least 4 members (excludes halogenated alkanes) is 2. The quantitative estimate of drug-likeness (QED) is 0.686. The summed E-state index contributed by atoms with van der Waals surface area (Å²) in [7, 11) is 0. The third-order valence-electron chi connectivity index (χ3n) is 5.61. The van der Waals surface area contributed by atoms with E-state index < -0.39 is 5.60 Å². The minimum Gasteiger partial charge on any atom is -0.379 e. The van der Waals surface area contributed by atoms with Crippen molar-refractivity contribution in [1.82, 2.24) is 0 Å². The molecule has 0 heterocycles. The summed E-state index contributed by atoms with van der Waals surface area (Å²) in [6.07, 6.45) is 5.43. The summed E-state index contributed by atoms with van der Waals surface area (Å²) in [6.45, 7) is 7.75. The molecule has 0 unspecified atom stereocenters. The fraction of sp³-hybridized carbons (Fsp3) is 0.440. The molecule has 0 saturated carbocycles. The van der Waals surface area contributed by atoms with Gasteiger partial charge in [0.2, 0.25) is 0 Å². The Bertz CT molecular complexity index is 761. The van der Waals surface area contributed by atoms with E-state index in [1.807, 2.05) is 36.4 Å². The van der Waals surface area contributed by atoms with Gasteiger partial charge in [-0.05, 0) is 41.0 Å². The van der Waals surface area contributed by atoms with Gasteiger partial charge in [-0.1, -0.05) is 81.1 Å². The van der Waals surface area contributed by atoms with E-state index in [9.17, 15) is 5.11 Å². The molecule has 1 aliphatic rings. The summed E-state index contributed by atoms with van der Waals surface area (Å²) in [4.78, 5) is 1.57. The normalized spacial score (nSPS) is 13.8. The van der Waals surface area contributed by atoms with Crippen LogP contribution in [0, 0.1) is 11.8 Å². The van der Waals surface area contributed by atoms with E-state index in [2.05, 4.69) is 37.8 Å². The summed E-state index contributed by atoms with van der Waals surface area (Å²) < 4.78 is 0. The number of hydrogen-bond acceptors (Lipinski definition) is 1. The molecule has 0 atom stereocenters. The van der Waals surface area contributed by atoms with E-state index in [1.165, 1.54) is 38.8 Å². The molecule has 1 aliphatic carbocycles. The van der Waals surface area contributed by atoms with E-state index in [-0.39, 0.29) is 0 Å². The van der Waals surface area contributed by atoms with Crippen molar-refractivity contribution >= 4 is 0 Å². The molecule has 27 heavy (non-hydrogen) atoms. The van der Waals surface area contributed by atoms with Crippen molar-refractivity contribution in [2.45, 2.75) is 51.6 Å². The molecule has 0 bridgehead atoms. The minimum atomic E-state index is -0.993. The Hall–Kier alpha value is -2.08. The van der Waals surface area contributed by atoms with Crippen LogP contribution >= 0.6 is 0 Å². The first kappa shape index (κ1) is 19.7. The number of nitrogens with one attached hydrogen (secondary N) is 1. The zero-order valence-corrected chi connectivity index (χ0v) is 16.7. The van der Waals surface area contributed by atoms with Crippen molar-refractivity contribution in [3.05, 3.63) is 59.7 Å². The first-order valence-corrected chi connectivity index (χ1v) is 10.4. The van der Waals surface area contributed by atoms with Crippen LogP contribution in [0.2, 0.25) is 0 Å². The molecule has 0 fully saturated rings. The molecular weight excluding hydrogens is 330 g/mol. The number of rotatable bonds is 8. The molecule has 0 radical (unpaired) electrons. The third-order valence-corrected chi connectivity index (χ3v) is 5.61. The lowest BCUT2D eigenvalue weighted by molar-refractivity contribution is -0.893. The van der Waals surface area contributed by atoms with Gasteiger partial charge >= 0.3 is 0 Å².